The molecule has 0 atom stereocenters. The number of thioether (sulfide) groups is 1. The Balaban J connectivity index is 1.42. The van der Waals surface area contributed by atoms with Crippen LogP contribution in [0, 0.1) is 6.92 Å². The minimum absolute atomic E-state index is 0.0608. The van der Waals surface area contributed by atoms with E-state index in [-0.39, 0.29) is 5.91 Å². The van der Waals surface area contributed by atoms with Gasteiger partial charge in [0.2, 0.25) is 5.91 Å². The molecule has 0 fully saturated rings. The highest BCUT2D eigenvalue weighted by atomic mass is 32.2. The third-order valence-electron chi connectivity index (χ3n) is 3.80. The molecule has 0 bridgehead atoms. The Morgan fingerprint density at radius 3 is 3.04 bits per heavy atom. The predicted octanol–water partition coefficient (Wildman–Crippen LogP) is 4.50. The van der Waals surface area contributed by atoms with Crippen molar-refractivity contribution in [3.8, 4) is 11.3 Å². The molecule has 1 amide bonds. The average Bonchev–Trinajstić information content (AvgIpc) is 3.26. The molecule has 0 unspecified atom stereocenters. The number of nitrogens with one attached hydrogen (secondary N) is 1. The van der Waals surface area contributed by atoms with E-state index in [1.54, 1.807) is 17.5 Å². The highest BCUT2D eigenvalue weighted by Crippen LogP contribution is 2.24. The molecule has 7 heteroatoms. The maximum Gasteiger partial charge on any atom is 0.234 e. The van der Waals surface area contributed by atoms with E-state index in [1.807, 2.05) is 65.4 Å². The molecular formula is C19H16N4OS2. The van der Waals surface area contributed by atoms with Crippen LogP contribution in [0.5, 0.6) is 0 Å². The molecule has 3 heterocycles. The van der Waals surface area contributed by atoms with Gasteiger partial charge in [0, 0.05) is 22.8 Å². The molecule has 3 aromatic heterocycles. The molecule has 5 nitrogen and oxygen atoms in total. The van der Waals surface area contributed by atoms with Gasteiger partial charge >= 0.3 is 0 Å². The summed E-state index contributed by atoms with van der Waals surface area (Å²) in [5, 5.41) is 6.81. The van der Waals surface area contributed by atoms with Crippen molar-refractivity contribution in [1.82, 2.24) is 14.4 Å². The maximum atomic E-state index is 12.3. The first kappa shape index (κ1) is 16.8. The Bertz CT molecular complexity index is 1070. The van der Waals surface area contributed by atoms with Gasteiger partial charge in [-0.15, -0.1) is 11.3 Å². The number of carbonyl (C=O) groups excluding carboxylic acids is 1. The van der Waals surface area contributed by atoms with Crippen LogP contribution in [0.2, 0.25) is 0 Å². The zero-order valence-corrected chi connectivity index (χ0v) is 15.7. The first-order valence-electron chi connectivity index (χ1n) is 8.06. The van der Waals surface area contributed by atoms with Gasteiger partial charge in [0.1, 0.15) is 0 Å². The van der Waals surface area contributed by atoms with Crippen molar-refractivity contribution in [2.45, 2.75) is 12.1 Å². The van der Waals surface area contributed by atoms with Gasteiger partial charge in [0.15, 0.2) is 5.16 Å². The molecule has 1 N–H and O–H groups in total. The number of amides is 1. The third-order valence-corrected chi connectivity index (χ3v) is 5.54. The number of nitrogens with zero attached hydrogens (tertiary/aromatic N) is 3. The minimum Gasteiger partial charge on any atom is -0.325 e. The standard InChI is InChI=1S/C19H16N4OS2/c1-13-21-17(11-25-13)14-5-4-6-15(9-14)22-18(24)12-26-19-20-10-16-7-2-3-8-23(16)19/h2-11H,12H2,1H3,(H,22,24). The average molecular weight is 380 g/mol. The number of hydrogen-bond donors (Lipinski definition) is 1. The molecular weight excluding hydrogens is 364 g/mol. The van der Waals surface area contributed by atoms with E-state index >= 15 is 0 Å². The second kappa shape index (κ2) is 7.31. The van der Waals surface area contributed by atoms with Gasteiger partial charge in [-0.05, 0) is 31.2 Å². The van der Waals surface area contributed by atoms with Crippen LogP contribution in [-0.4, -0.2) is 26.0 Å². The molecule has 0 saturated heterocycles. The Morgan fingerprint density at radius 1 is 1.27 bits per heavy atom. The lowest BCUT2D eigenvalue weighted by Crippen LogP contribution is -2.14. The summed E-state index contributed by atoms with van der Waals surface area (Å²) in [4.78, 5) is 21.2. The Kier molecular flexibility index (Phi) is 4.73. The summed E-state index contributed by atoms with van der Waals surface area (Å²) in [5.41, 5.74) is 3.72. The lowest BCUT2D eigenvalue weighted by molar-refractivity contribution is -0.113. The minimum atomic E-state index is -0.0608. The lowest BCUT2D eigenvalue weighted by atomic mass is 10.1. The van der Waals surface area contributed by atoms with E-state index in [0.717, 1.165) is 32.6 Å². The molecule has 26 heavy (non-hydrogen) atoms. The molecule has 0 radical (unpaired) electrons. The zero-order valence-electron chi connectivity index (χ0n) is 14.0. The fourth-order valence-electron chi connectivity index (χ4n) is 2.61. The number of rotatable bonds is 5. The van der Waals surface area contributed by atoms with E-state index in [2.05, 4.69) is 15.3 Å². The second-order valence-corrected chi connectivity index (χ2v) is 7.71. The van der Waals surface area contributed by atoms with Crippen molar-refractivity contribution in [2.75, 3.05) is 11.1 Å². The Morgan fingerprint density at radius 2 is 2.19 bits per heavy atom. The molecule has 0 spiro atoms. The number of carbonyl (C=O) groups is 1. The Hall–Kier alpha value is -2.64. The number of imidazole rings is 1. The number of pyridine rings is 1. The monoisotopic (exact) mass is 380 g/mol. The van der Waals surface area contributed by atoms with Gasteiger partial charge in [-0.2, -0.15) is 0 Å². The number of fused-ring (bicyclic) bond motifs is 1. The number of anilines is 1. The summed E-state index contributed by atoms with van der Waals surface area (Å²) >= 11 is 3.03. The van der Waals surface area contributed by atoms with Gasteiger partial charge in [-0.1, -0.05) is 30.0 Å². The van der Waals surface area contributed by atoms with Crippen molar-refractivity contribution >= 4 is 40.2 Å². The highest BCUT2D eigenvalue weighted by Gasteiger charge is 2.09. The van der Waals surface area contributed by atoms with E-state index in [9.17, 15) is 4.79 Å². The van der Waals surface area contributed by atoms with Crippen molar-refractivity contribution in [3.63, 3.8) is 0 Å². The first-order valence-corrected chi connectivity index (χ1v) is 9.93. The zero-order chi connectivity index (χ0) is 17.9. The van der Waals surface area contributed by atoms with Gasteiger partial charge < -0.3 is 5.32 Å². The number of thiazole rings is 1. The summed E-state index contributed by atoms with van der Waals surface area (Å²) in [6.45, 7) is 1.98. The topological polar surface area (TPSA) is 59.3 Å². The lowest BCUT2D eigenvalue weighted by Gasteiger charge is -2.06. The van der Waals surface area contributed by atoms with Crippen LogP contribution in [-0.2, 0) is 4.79 Å². The van der Waals surface area contributed by atoms with Gasteiger partial charge in [0.25, 0.3) is 0 Å². The van der Waals surface area contributed by atoms with Crippen LogP contribution in [0.25, 0.3) is 16.8 Å². The summed E-state index contributed by atoms with van der Waals surface area (Å²) in [5.74, 6) is 0.239. The SMILES string of the molecule is Cc1nc(-c2cccc(NC(=O)CSc3ncc4ccccn34)c2)cs1. The maximum absolute atomic E-state index is 12.3. The van der Waals surface area contributed by atoms with Crippen molar-refractivity contribution in [2.24, 2.45) is 0 Å². The largest absolute Gasteiger partial charge is 0.325 e. The summed E-state index contributed by atoms with van der Waals surface area (Å²) in [6.07, 6.45) is 3.75. The van der Waals surface area contributed by atoms with Gasteiger partial charge in [-0.3, -0.25) is 9.20 Å². The fraction of sp³-hybridized carbons (Fsp3) is 0.105. The quantitative estimate of drug-likeness (QED) is 0.518. The molecule has 1 aromatic carbocycles. The Labute approximate surface area is 159 Å². The fourth-order valence-corrected chi connectivity index (χ4v) is 3.99. The number of aryl methyl sites for hydroxylation is 1. The molecule has 4 rings (SSSR count). The molecule has 4 aromatic rings. The van der Waals surface area contributed by atoms with Crippen molar-refractivity contribution < 1.29 is 4.79 Å². The van der Waals surface area contributed by atoms with E-state index in [1.165, 1.54) is 11.8 Å². The van der Waals surface area contributed by atoms with Crippen LogP contribution in [0.3, 0.4) is 0 Å². The van der Waals surface area contributed by atoms with Crippen LogP contribution in [0.1, 0.15) is 5.01 Å². The first-order chi connectivity index (χ1) is 12.7. The summed E-state index contributed by atoms with van der Waals surface area (Å²) < 4.78 is 1.98. The normalized spacial score (nSPS) is 11.0. The summed E-state index contributed by atoms with van der Waals surface area (Å²) in [7, 11) is 0. The van der Waals surface area contributed by atoms with Crippen LogP contribution in [0.15, 0.2) is 65.4 Å². The molecule has 0 aliphatic carbocycles. The van der Waals surface area contributed by atoms with Crippen molar-refractivity contribution in [3.05, 3.63) is 65.2 Å². The van der Waals surface area contributed by atoms with E-state index in [4.69, 9.17) is 0 Å². The highest BCUT2D eigenvalue weighted by molar-refractivity contribution is 7.99. The van der Waals surface area contributed by atoms with Crippen molar-refractivity contribution in [1.29, 1.82) is 0 Å². The second-order valence-electron chi connectivity index (χ2n) is 5.71. The van der Waals surface area contributed by atoms with E-state index < -0.39 is 0 Å². The molecule has 130 valence electrons. The van der Waals surface area contributed by atoms with Crippen LogP contribution < -0.4 is 5.32 Å². The number of hydrogen-bond acceptors (Lipinski definition) is 5. The molecule has 0 aliphatic heterocycles. The number of benzene rings is 1. The number of aromatic nitrogens is 3. The van der Waals surface area contributed by atoms with Crippen LogP contribution >= 0.6 is 23.1 Å². The molecule has 0 aliphatic rings. The smallest absolute Gasteiger partial charge is 0.234 e. The third kappa shape index (κ3) is 3.63. The van der Waals surface area contributed by atoms with Gasteiger partial charge in [0.05, 0.1) is 28.2 Å². The summed E-state index contributed by atoms with van der Waals surface area (Å²) in [6, 6.07) is 13.7. The molecule has 0 saturated carbocycles. The van der Waals surface area contributed by atoms with Gasteiger partial charge in [-0.25, -0.2) is 9.97 Å². The van der Waals surface area contributed by atoms with Crippen LogP contribution in [0.4, 0.5) is 5.69 Å². The van der Waals surface area contributed by atoms with E-state index in [0.29, 0.717) is 5.75 Å². The predicted molar refractivity (Wildman–Crippen MR) is 107 cm³/mol.